The summed E-state index contributed by atoms with van der Waals surface area (Å²) in [4.78, 5) is 28.8. The Kier molecular flexibility index (Phi) is 7.89. The number of carbonyl (C=O) groups excluding carboxylic acids is 2. The van der Waals surface area contributed by atoms with Crippen LogP contribution in [0.1, 0.15) is 29.5 Å². The third-order valence-electron chi connectivity index (χ3n) is 7.42. The Bertz CT molecular complexity index is 1630. The van der Waals surface area contributed by atoms with Gasteiger partial charge < -0.3 is 10.2 Å². The summed E-state index contributed by atoms with van der Waals surface area (Å²) in [5.41, 5.74) is 3.62. The molecular formula is C32H33N3O4S. The van der Waals surface area contributed by atoms with Gasteiger partial charge in [0.15, 0.2) is 0 Å². The van der Waals surface area contributed by atoms with Gasteiger partial charge in [0, 0.05) is 38.4 Å². The number of nitrogens with zero attached hydrogens (tertiary/aromatic N) is 2. The minimum absolute atomic E-state index is 0.104. The first kappa shape index (κ1) is 27.4. The van der Waals surface area contributed by atoms with E-state index in [9.17, 15) is 18.0 Å². The van der Waals surface area contributed by atoms with E-state index in [1.807, 2.05) is 85.8 Å². The number of hydrogen-bond acceptors (Lipinski definition) is 4. The zero-order valence-electron chi connectivity index (χ0n) is 22.7. The van der Waals surface area contributed by atoms with Gasteiger partial charge in [-0.25, -0.2) is 8.42 Å². The average molecular weight is 556 g/mol. The molecule has 0 aromatic heterocycles. The number of hydrogen-bond donors (Lipinski definition) is 1. The van der Waals surface area contributed by atoms with Gasteiger partial charge in [-0.05, 0) is 42.0 Å². The van der Waals surface area contributed by atoms with Crippen LogP contribution in [0.15, 0.2) is 95.9 Å². The molecule has 5 rings (SSSR count). The zero-order chi connectivity index (χ0) is 28.3. The Morgan fingerprint density at radius 1 is 0.875 bits per heavy atom. The molecule has 206 valence electrons. The van der Waals surface area contributed by atoms with Crippen LogP contribution in [0.25, 0.3) is 10.8 Å². The largest absolute Gasteiger partial charge is 0.357 e. The van der Waals surface area contributed by atoms with Gasteiger partial charge in [-0.15, -0.1) is 0 Å². The standard InChI is InChI=1S/C32H33N3O4S/c1-23-16-18-25(19-17-23)22-34(28(32(37)33-2)21-24-9-4-3-5-10-24)30(36)15-8-20-35-27-13-6-11-26-12-7-14-29(31(26)27)40(35,38)39/h3-7,9-14,16-19,28H,8,15,20-22H2,1-2H3,(H,33,37). The molecule has 1 aliphatic rings. The van der Waals surface area contributed by atoms with Crippen LogP contribution in [-0.4, -0.2) is 44.8 Å². The topological polar surface area (TPSA) is 86.8 Å². The fourth-order valence-electron chi connectivity index (χ4n) is 5.33. The summed E-state index contributed by atoms with van der Waals surface area (Å²) in [5, 5.41) is 4.32. The van der Waals surface area contributed by atoms with Crippen molar-refractivity contribution < 1.29 is 18.0 Å². The quantitative estimate of drug-likeness (QED) is 0.304. The summed E-state index contributed by atoms with van der Waals surface area (Å²) in [6.07, 6.45) is 0.793. The summed E-state index contributed by atoms with van der Waals surface area (Å²) in [7, 11) is -2.12. The van der Waals surface area contributed by atoms with Crippen LogP contribution in [0.3, 0.4) is 0 Å². The van der Waals surface area contributed by atoms with E-state index in [1.165, 1.54) is 4.31 Å². The van der Waals surface area contributed by atoms with Crippen LogP contribution >= 0.6 is 0 Å². The molecule has 7 nitrogen and oxygen atoms in total. The van der Waals surface area contributed by atoms with E-state index < -0.39 is 16.1 Å². The summed E-state index contributed by atoms with van der Waals surface area (Å²) in [6.45, 7) is 2.45. The van der Waals surface area contributed by atoms with Crippen LogP contribution in [0.5, 0.6) is 0 Å². The molecule has 40 heavy (non-hydrogen) atoms. The molecule has 4 aromatic carbocycles. The van der Waals surface area contributed by atoms with Crippen molar-refractivity contribution in [3.8, 4) is 0 Å². The lowest BCUT2D eigenvalue weighted by Gasteiger charge is -2.31. The van der Waals surface area contributed by atoms with E-state index in [-0.39, 0.29) is 31.3 Å². The number of likely N-dealkylation sites (N-methyl/N-ethyl adjacent to an activating group) is 1. The van der Waals surface area contributed by atoms with Crippen molar-refractivity contribution in [2.45, 2.75) is 43.7 Å². The van der Waals surface area contributed by atoms with Gasteiger partial charge in [-0.1, -0.05) is 84.4 Å². The molecule has 0 aliphatic carbocycles. The van der Waals surface area contributed by atoms with Gasteiger partial charge in [-0.2, -0.15) is 0 Å². The highest BCUT2D eigenvalue weighted by molar-refractivity contribution is 7.93. The third-order valence-corrected chi connectivity index (χ3v) is 9.28. The number of nitrogens with one attached hydrogen (secondary N) is 1. The molecule has 0 saturated heterocycles. The summed E-state index contributed by atoms with van der Waals surface area (Å²) < 4.78 is 28.1. The predicted molar refractivity (Wildman–Crippen MR) is 157 cm³/mol. The van der Waals surface area contributed by atoms with Gasteiger partial charge in [0.2, 0.25) is 11.8 Å². The number of carbonyl (C=O) groups is 2. The lowest BCUT2D eigenvalue weighted by atomic mass is 10.0. The van der Waals surface area contributed by atoms with E-state index in [0.717, 1.165) is 27.5 Å². The second-order valence-electron chi connectivity index (χ2n) is 10.1. The van der Waals surface area contributed by atoms with Gasteiger partial charge in [0.25, 0.3) is 10.0 Å². The lowest BCUT2D eigenvalue weighted by Crippen LogP contribution is -2.49. The number of anilines is 1. The van der Waals surface area contributed by atoms with Crippen LogP contribution in [0, 0.1) is 6.92 Å². The molecule has 1 unspecified atom stereocenters. The molecule has 0 fully saturated rings. The molecule has 1 N–H and O–H groups in total. The minimum Gasteiger partial charge on any atom is -0.357 e. The molecule has 2 amide bonds. The van der Waals surface area contributed by atoms with Gasteiger partial charge in [0.1, 0.15) is 6.04 Å². The van der Waals surface area contributed by atoms with Crippen molar-refractivity contribution in [2.75, 3.05) is 17.9 Å². The molecule has 1 aliphatic heterocycles. The smallest absolute Gasteiger partial charge is 0.265 e. The molecule has 0 bridgehead atoms. The fraction of sp³-hybridized carbons (Fsp3) is 0.250. The van der Waals surface area contributed by atoms with Crippen molar-refractivity contribution in [3.05, 3.63) is 108 Å². The van der Waals surface area contributed by atoms with Crippen LogP contribution in [0.4, 0.5) is 5.69 Å². The molecule has 4 aromatic rings. The Morgan fingerprint density at radius 3 is 2.27 bits per heavy atom. The molecule has 0 saturated carbocycles. The lowest BCUT2D eigenvalue weighted by molar-refractivity contribution is -0.141. The fourth-order valence-corrected chi connectivity index (χ4v) is 7.08. The van der Waals surface area contributed by atoms with Crippen LogP contribution in [-0.2, 0) is 32.6 Å². The minimum atomic E-state index is -3.70. The molecule has 1 atom stereocenters. The highest BCUT2D eigenvalue weighted by Gasteiger charge is 2.35. The third kappa shape index (κ3) is 5.45. The normalized spacial score (nSPS) is 14.2. The first-order chi connectivity index (χ1) is 19.3. The van der Waals surface area contributed by atoms with Crippen LogP contribution < -0.4 is 9.62 Å². The molecule has 1 heterocycles. The number of benzene rings is 4. The van der Waals surface area contributed by atoms with Gasteiger partial charge >= 0.3 is 0 Å². The number of rotatable bonds is 10. The highest BCUT2D eigenvalue weighted by Crippen LogP contribution is 2.42. The van der Waals surface area contributed by atoms with Gasteiger partial charge in [0.05, 0.1) is 10.6 Å². The van der Waals surface area contributed by atoms with Crippen LogP contribution in [0.2, 0.25) is 0 Å². The summed E-state index contributed by atoms with van der Waals surface area (Å²) in [5.74, 6) is -0.439. The van der Waals surface area contributed by atoms with Crippen molar-refractivity contribution in [1.82, 2.24) is 10.2 Å². The Morgan fingerprint density at radius 2 is 1.57 bits per heavy atom. The maximum atomic E-state index is 13.8. The number of aryl methyl sites for hydroxylation is 1. The number of amides is 2. The monoisotopic (exact) mass is 555 g/mol. The second-order valence-corrected chi connectivity index (χ2v) is 12.0. The van der Waals surface area contributed by atoms with E-state index in [0.29, 0.717) is 23.4 Å². The van der Waals surface area contributed by atoms with Crippen molar-refractivity contribution in [1.29, 1.82) is 0 Å². The summed E-state index contributed by atoms with van der Waals surface area (Å²) >= 11 is 0. The summed E-state index contributed by atoms with van der Waals surface area (Å²) in [6, 6.07) is 27.7. The zero-order valence-corrected chi connectivity index (χ0v) is 23.5. The first-order valence-corrected chi connectivity index (χ1v) is 14.9. The van der Waals surface area contributed by atoms with Crippen molar-refractivity contribution in [2.24, 2.45) is 0 Å². The maximum Gasteiger partial charge on any atom is 0.265 e. The molecule has 0 radical (unpaired) electrons. The van der Waals surface area contributed by atoms with Crippen molar-refractivity contribution >= 4 is 38.3 Å². The molecular weight excluding hydrogens is 522 g/mol. The van der Waals surface area contributed by atoms with E-state index in [4.69, 9.17) is 0 Å². The van der Waals surface area contributed by atoms with E-state index in [1.54, 1.807) is 24.1 Å². The predicted octanol–water partition coefficient (Wildman–Crippen LogP) is 4.82. The van der Waals surface area contributed by atoms with Gasteiger partial charge in [-0.3, -0.25) is 13.9 Å². The van der Waals surface area contributed by atoms with Crippen molar-refractivity contribution in [3.63, 3.8) is 0 Å². The molecule has 0 spiro atoms. The van der Waals surface area contributed by atoms with E-state index in [2.05, 4.69) is 5.32 Å². The number of sulfonamides is 1. The average Bonchev–Trinajstić information content (AvgIpc) is 3.19. The molecule has 8 heteroatoms. The Labute approximate surface area is 235 Å². The first-order valence-electron chi connectivity index (χ1n) is 13.4. The second kappa shape index (κ2) is 11.5. The maximum absolute atomic E-state index is 13.8. The Hall–Kier alpha value is -4.17. The SMILES string of the molecule is CNC(=O)C(Cc1ccccc1)N(Cc1ccc(C)cc1)C(=O)CCCN1c2cccc3cccc(c23)S1(=O)=O. The highest BCUT2D eigenvalue weighted by atomic mass is 32.2. The Balaban J connectivity index is 1.37. The van der Waals surface area contributed by atoms with E-state index >= 15 is 0 Å².